The fourth-order valence-electron chi connectivity index (χ4n) is 2.56. The molecule has 0 amide bonds. The van der Waals surface area contributed by atoms with Crippen LogP contribution in [-0.4, -0.2) is 5.11 Å². The van der Waals surface area contributed by atoms with Crippen LogP contribution in [0.3, 0.4) is 0 Å². The summed E-state index contributed by atoms with van der Waals surface area (Å²) >= 11 is 0. The summed E-state index contributed by atoms with van der Waals surface area (Å²) in [5.41, 5.74) is 0.783. The molecule has 0 saturated heterocycles. The average Bonchev–Trinajstić information content (AvgIpc) is 2.39. The smallest absolute Gasteiger partial charge is 0.263 e. The molecule has 0 bridgehead atoms. The molecular weight excluding hydrogens is 222 g/mol. The van der Waals surface area contributed by atoms with Crippen molar-refractivity contribution in [3.05, 3.63) is 35.4 Å². The number of halogens is 2. The Bertz CT molecular complexity index is 342. The van der Waals surface area contributed by atoms with Gasteiger partial charge >= 0.3 is 0 Å². The normalized spacial score (nSPS) is 19.5. The number of hydrogen-bond donors (Lipinski definition) is 1. The maximum Gasteiger partial charge on any atom is 0.263 e. The van der Waals surface area contributed by atoms with Gasteiger partial charge in [0.25, 0.3) is 6.43 Å². The van der Waals surface area contributed by atoms with E-state index < -0.39 is 12.5 Å². The van der Waals surface area contributed by atoms with Crippen molar-refractivity contribution in [2.24, 2.45) is 5.92 Å². The number of benzene rings is 1. The molecule has 1 unspecified atom stereocenters. The van der Waals surface area contributed by atoms with Crippen molar-refractivity contribution in [3.63, 3.8) is 0 Å². The predicted octanol–water partition coefficient (Wildman–Crippen LogP) is 4.24. The Labute approximate surface area is 100 Å². The molecule has 0 spiro atoms. The van der Waals surface area contributed by atoms with Crippen LogP contribution in [0.4, 0.5) is 8.78 Å². The minimum absolute atomic E-state index is 0.0181. The summed E-state index contributed by atoms with van der Waals surface area (Å²) in [6.07, 6.45) is 2.72. The van der Waals surface area contributed by atoms with Gasteiger partial charge in [-0.1, -0.05) is 43.5 Å². The molecule has 1 N–H and O–H groups in total. The first kappa shape index (κ1) is 12.5. The molecule has 1 fully saturated rings. The van der Waals surface area contributed by atoms with Gasteiger partial charge in [0, 0.05) is 5.56 Å². The van der Waals surface area contributed by atoms with Gasteiger partial charge in [0.1, 0.15) is 0 Å². The number of alkyl halides is 2. The Balaban J connectivity index is 2.05. The van der Waals surface area contributed by atoms with Crippen LogP contribution < -0.4 is 0 Å². The average molecular weight is 240 g/mol. The fourth-order valence-corrected chi connectivity index (χ4v) is 2.56. The topological polar surface area (TPSA) is 20.2 Å². The first-order valence-corrected chi connectivity index (χ1v) is 6.24. The summed E-state index contributed by atoms with van der Waals surface area (Å²) in [5.74, 6) is 0.293. The van der Waals surface area contributed by atoms with Crippen molar-refractivity contribution in [1.82, 2.24) is 0 Å². The minimum atomic E-state index is -2.43. The number of hydrogen-bond acceptors (Lipinski definition) is 1. The quantitative estimate of drug-likeness (QED) is 0.837. The van der Waals surface area contributed by atoms with E-state index in [4.69, 9.17) is 0 Å². The standard InChI is InChI=1S/C14H18F2O/c15-14(16)12-8-6-11(7-9-12)13(17)10-4-2-1-3-5-10/h6-10,13-14,17H,1-5H2. The third-order valence-corrected chi connectivity index (χ3v) is 3.63. The van der Waals surface area contributed by atoms with E-state index in [1.807, 2.05) is 0 Å². The highest BCUT2D eigenvalue weighted by molar-refractivity contribution is 5.25. The molecular formula is C14H18F2O. The zero-order valence-electron chi connectivity index (χ0n) is 9.78. The van der Waals surface area contributed by atoms with Crippen molar-refractivity contribution in [1.29, 1.82) is 0 Å². The molecule has 3 heteroatoms. The van der Waals surface area contributed by atoms with Crippen LogP contribution in [0.15, 0.2) is 24.3 Å². The van der Waals surface area contributed by atoms with Crippen LogP contribution >= 0.6 is 0 Å². The lowest BCUT2D eigenvalue weighted by atomic mass is 9.82. The van der Waals surface area contributed by atoms with Gasteiger partial charge in [0.05, 0.1) is 6.10 Å². The van der Waals surface area contributed by atoms with Crippen LogP contribution in [0.2, 0.25) is 0 Å². The van der Waals surface area contributed by atoms with Crippen LogP contribution in [0, 0.1) is 5.92 Å². The molecule has 0 radical (unpaired) electrons. The van der Waals surface area contributed by atoms with E-state index in [1.54, 1.807) is 12.1 Å². The molecule has 94 valence electrons. The third-order valence-electron chi connectivity index (χ3n) is 3.63. The van der Waals surface area contributed by atoms with Crippen LogP contribution in [-0.2, 0) is 0 Å². The maximum atomic E-state index is 12.4. The van der Waals surface area contributed by atoms with E-state index in [2.05, 4.69) is 0 Å². The number of aliphatic hydroxyl groups is 1. The van der Waals surface area contributed by atoms with Crippen molar-refractivity contribution in [3.8, 4) is 0 Å². The zero-order valence-corrected chi connectivity index (χ0v) is 9.78. The van der Waals surface area contributed by atoms with Crippen LogP contribution in [0.25, 0.3) is 0 Å². The van der Waals surface area contributed by atoms with Crippen LogP contribution in [0.5, 0.6) is 0 Å². The third kappa shape index (κ3) is 3.03. The lowest BCUT2D eigenvalue weighted by Gasteiger charge is -2.26. The summed E-state index contributed by atoms with van der Waals surface area (Å²) in [6, 6.07) is 6.07. The second-order valence-electron chi connectivity index (χ2n) is 4.81. The Kier molecular flexibility index (Phi) is 4.11. The fraction of sp³-hybridized carbons (Fsp3) is 0.571. The highest BCUT2D eigenvalue weighted by atomic mass is 19.3. The van der Waals surface area contributed by atoms with Crippen LogP contribution in [0.1, 0.15) is 55.8 Å². The van der Waals surface area contributed by atoms with E-state index in [1.165, 1.54) is 18.6 Å². The van der Waals surface area contributed by atoms with E-state index in [0.717, 1.165) is 31.2 Å². The molecule has 17 heavy (non-hydrogen) atoms. The van der Waals surface area contributed by atoms with Gasteiger partial charge in [-0.3, -0.25) is 0 Å². The zero-order chi connectivity index (χ0) is 12.3. The lowest BCUT2D eigenvalue weighted by molar-refractivity contribution is 0.0847. The Morgan fingerprint density at radius 2 is 1.47 bits per heavy atom. The van der Waals surface area contributed by atoms with Gasteiger partial charge in [-0.25, -0.2) is 8.78 Å². The molecule has 1 aliphatic carbocycles. The van der Waals surface area contributed by atoms with Crippen molar-refractivity contribution < 1.29 is 13.9 Å². The second kappa shape index (κ2) is 5.58. The lowest BCUT2D eigenvalue weighted by Crippen LogP contribution is -2.15. The Morgan fingerprint density at radius 1 is 0.941 bits per heavy atom. The summed E-state index contributed by atoms with van der Waals surface area (Å²) in [7, 11) is 0. The van der Waals surface area contributed by atoms with E-state index in [0.29, 0.717) is 5.92 Å². The molecule has 1 nitrogen and oxygen atoms in total. The number of rotatable bonds is 3. The molecule has 0 heterocycles. The number of aliphatic hydroxyl groups excluding tert-OH is 1. The Hall–Kier alpha value is -0.960. The maximum absolute atomic E-state index is 12.4. The summed E-state index contributed by atoms with van der Waals surface area (Å²) in [4.78, 5) is 0. The molecule has 1 aromatic rings. The Morgan fingerprint density at radius 3 is 2.00 bits per heavy atom. The van der Waals surface area contributed by atoms with E-state index >= 15 is 0 Å². The largest absolute Gasteiger partial charge is 0.388 e. The minimum Gasteiger partial charge on any atom is -0.388 e. The van der Waals surface area contributed by atoms with Crippen molar-refractivity contribution in [2.75, 3.05) is 0 Å². The van der Waals surface area contributed by atoms with Gasteiger partial charge in [0.15, 0.2) is 0 Å². The summed E-state index contributed by atoms with van der Waals surface area (Å²) < 4.78 is 24.8. The molecule has 1 saturated carbocycles. The molecule has 1 atom stereocenters. The van der Waals surface area contributed by atoms with Gasteiger partial charge in [-0.2, -0.15) is 0 Å². The SMILES string of the molecule is OC(c1ccc(C(F)F)cc1)C1CCCCC1. The van der Waals surface area contributed by atoms with Crippen molar-refractivity contribution in [2.45, 2.75) is 44.6 Å². The second-order valence-corrected chi connectivity index (χ2v) is 4.81. The summed E-state index contributed by atoms with van der Waals surface area (Å²) in [5, 5.41) is 10.2. The van der Waals surface area contributed by atoms with E-state index in [-0.39, 0.29) is 5.56 Å². The highest BCUT2D eigenvalue weighted by Crippen LogP contribution is 2.34. The summed E-state index contributed by atoms with van der Waals surface area (Å²) in [6.45, 7) is 0. The van der Waals surface area contributed by atoms with E-state index in [9.17, 15) is 13.9 Å². The van der Waals surface area contributed by atoms with Gasteiger partial charge in [-0.05, 0) is 24.3 Å². The monoisotopic (exact) mass is 240 g/mol. The van der Waals surface area contributed by atoms with Gasteiger partial charge in [0.2, 0.25) is 0 Å². The highest BCUT2D eigenvalue weighted by Gasteiger charge is 2.23. The molecule has 0 aliphatic heterocycles. The first-order valence-electron chi connectivity index (χ1n) is 6.24. The first-order chi connectivity index (χ1) is 8.18. The molecule has 1 aromatic carbocycles. The van der Waals surface area contributed by atoms with Gasteiger partial charge in [-0.15, -0.1) is 0 Å². The van der Waals surface area contributed by atoms with Gasteiger partial charge < -0.3 is 5.11 Å². The van der Waals surface area contributed by atoms with Crippen molar-refractivity contribution >= 4 is 0 Å². The molecule has 0 aromatic heterocycles. The molecule has 2 rings (SSSR count). The predicted molar refractivity (Wildman–Crippen MR) is 62.9 cm³/mol. The molecule has 1 aliphatic rings.